The first-order chi connectivity index (χ1) is 17.3. The van der Waals surface area contributed by atoms with Gasteiger partial charge in [-0.1, -0.05) is 6.92 Å². The van der Waals surface area contributed by atoms with Gasteiger partial charge in [-0.3, -0.25) is 9.59 Å². The van der Waals surface area contributed by atoms with Gasteiger partial charge >= 0.3 is 11.9 Å². The molecule has 4 aliphatic heterocycles. The predicted octanol–water partition coefficient (Wildman–Crippen LogP) is 2.41. The Morgan fingerprint density at radius 2 is 1.86 bits per heavy atom. The Morgan fingerprint density at radius 1 is 1.14 bits per heavy atom. The highest BCUT2D eigenvalue weighted by Gasteiger charge is 2.91. The number of hydrogen-bond acceptors (Lipinski definition) is 10. The van der Waals surface area contributed by atoms with Gasteiger partial charge in [0.1, 0.15) is 23.6 Å². The molecule has 0 radical (unpaired) electrons. The summed E-state index contributed by atoms with van der Waals surface area (Å²) in [7, 11) is 1.28. The highest BCUT2D eigenvalue weighted by atomic mass is 16.7. The van der Waals surface area contributed by atoms with Gasteiger partial charge in [0.25, 0.3) is 0 Å². The molecule has 1 saturated carbocycles. The van der Waals surface area contributed by atoms with E-state index in [0.29, 0.717) is 18.4 Å². The van der Waals surface area contributed by atoms with Crippen LogP contribution in [-0.2, 0) is 33.3 Å². The number of esters is 2. The topological polar surface area (TPSA) is 134 Å². The van der Waals surface area contributed by atoms with E-state index in [2.05, 4.69) is 0 Å². The molecule has 1 aromatic heterocycles. The van der Waals surface area contributed by atoms with E-state index in [0.717, 1.165) is 0 Å². The Morgan fingerprint density at radius 3 is 2.51 bits per heavy atom. The van der Waals surface area contributed by atoms with Crippen LogP contribution in [0.1, 0.15) is 64.2 Å². The van der Waals surface area contributed by atoms with Crippen molar-refractivity contribution in [2.24, 2.45) is 22.7 Å². The molecular formula is C27H34O10. The van der Waals surface area contributed by atoms with Crippen LogP contribution in [0.2, 0.25) is 0 Å². The van der Waals surface area contributed by atoms with Crippen LogP contribution in [0.5, 0.6) is 0 Å². The Hall–Kier alpha value is -2.27. The molecule has 5 fully saturated rings. The molecule has 2 spiro atoms. The lowest BCUT2D eigenvalue weighted by Crippen LogP contribution is -2.69. The fourth-order valence-corrected chi connectivity index (χ4v) is 8.65. The summed E-state index contributed by atoms with van der Waals surface area (Å²) in [6.45, 7) is 9.10. The third-order valence-electron chi connectivity index (χ3n) is 10.3. The normalized spacial score (nSPS) is 49.4. The van der Waals surface area contributed by atoms with Gasteiger partial charge in [-0.05, 0) is 52.5 Å². The molecule has 0 aromatic carbocycles. The molecule has 1 aromatic rings. The summed E-state index contributed by atoms with van der Waals surface area (Å²) in [6, 6.07) is 1.59. The monoisotopic (exact) mass is 518 g/mol. The predicted molar refractivity (Wildman–Crippen MR) is 124 cm³/mol. The number of ketones is 1. The van der Waals surface area contributed by atoms with Gasteiger partial charge in [0.05, 0.1) is 54.3 Å². The maximum Gasteiger partial charge on any atom is 0.338 e. The molecule has 6 rings (SSSR count). The number of rotatable bonds is 3. The molecule has 4 saturated heterocycles. The van der Waals surface area contributed by atoms with Crippen LogP contribution in [0, 0.1) is 22.7 Å². The number of epoxide rings is 1. The van der Waals surface area contributed by atoms with Crippen molar-refractivity contribution in [3.63, 3.8) is 0 Å². The van der Waals surface area contributed by atoms with E-state index in [1.807, 2.05) is 13.8 Å². The molecule has 0 unspecified atom stereocenters. The van der Waals surface area contributed by atoms with Crippen molar-refractivity contribution in [2.45, 2.75) is 95.3 Å². The van der Waals surface area contributed by atoms with Crippen LogP contribution in [0.3, 0.4) is 0 Å². The maximum absolute atomic E-state index is 14.1. The zero-order valence-electron chi connectivity index (χ0n) is 21.9. The minimum Gasteiger partial charge on any atom is -0.472 e. The molecule has 1 aliphatic carbocycles. The van der Waals surface area contributed by atoms with Crippen molar-refractivity contribution in [2.75, 3.05) is 7.11 Å². The lowest BCUT2D eigenvalue weighted by atomic mass is 9.45. The minimum absolute atomic E-state index is 0.0368. The van der Waals surface area contributed by atoms with Crippen molar-refractivity contribution in [3.8, 4) is 0 Å². The van der Waals surface area contributed by atoms with Crippen molar-refractivity contribution in [3.05, 3.63) is 24.2 Å². The first-order valence-electron chi connectivity index (χ1n) is 12.9. The van der Waals surface area contributed by atoms with E-state index in [1.165, 1.54) is 19.6 Å². The lowest BCUT2D eigenvalue weighted by Gasteiger charge is -2.56. The van der Waals surface area contributed by atoms with Gasteiger partial charge in [-0.25, -0.2) is 4.79 Å². The summed E-state index contributed by atoms with van der Waals surface area (Å²) >= 11 is 0. The largest absolute Gasteiger partial charge is 0.472 e. The zero-order valence-corrected chi connectivity index (χ0v) is 21.9. The van der Waals surface area contributed by atoms with Crippen molar-refractivity contribution in [1.29, 1.82) is 0 Å². The van der Waals surface area contributed by atoms with Crippen LogP contribution >= 0.6 is 0 Å². The number of methoxy groups -OCH3 is 1. The number of aliphatic hydroxyl groups excluding tert-OH is 1. The van der Waals surface area contributed by atoms with E-state index >= 15 is 0 Å². The van der Waals surface area contributed by atoms with Gasteiger partial charge in [-0.15, -0.1) is 0 Å². The van der Waals surface area contributed by atoms with Gasteiger partial charge in [-0.2, -0.15) is 0 Å². The second-order valence-electron chi connectivity index (χ2n) is 12.2. The smallest absolute Gasteiger partial charge is 0.338 e. The number of carbonyl (C=O) groups is 3. The first-order valence-corrected chi connectivity index (χ1v) is 12.9. The minimum atomic E-state index is -1.65. The van der Waals surface area contributed by atoms with Crippen LogP contribution in [-0.4, -0.2) is 71.3 Å². The summed E-state index contributed by atoms with van der Waals surface area (Å²) in [6.07, 6.45) is 0.433. The number of carbonyl (C=O) groups excluding carboxylic acids is 3. The van der Waals surface area contributed by atoms with Crippen molar-refractivity contribution >= 4 is 17.7 Å². The standard InChI is InChI=1S/C27H34O10/c1-13-15-7-9-24(4,19(29)14-8-10-33-12-14)26(21(37-26)22(31)32-6)25(15,5)27(34-13)20(30)18-16(35-27)11-17(28)36-23(18,2)3/h8,10,12-13,15-16,18,20-21,30H,7,9,11H2,1-6H3/t13-,15-,16+,18-,20-,21-,24+,25-,26-,27+/m1/s1. The van der Waals surface area contributed by atoms with E-state index in [1.54, 1.807) is 26.8 Å². The summed E-state index contributed by atoms with van der Waals surface area (Å²) < 4.78 is 35.5. The number of hydrogen-bond donors (Lipinski definition) is 1. The number of aliphatic hydroxyl groups is 1. The Kier molecular flexibility index (Phi) is 5.03. The second kappa shape index (κ2) is 7.43. The molecule has 0 amide bonds. The first kappa shape index (κ1) is 25.0. The Bertz CT molecular complexity index is 1160. The highest BCUT2D eigenvalue weighted by molar-refractivity contribution is 6.02. The van der Waals surface area contributed by atoms with Gasteiger partial charge < -0.3 is 33.2 Å². The SMILES string of the molecule is COC(=O)[C@H]1O[C@]12[C@@]1(C)[C@H](CC[C@@]2(C)C(=O)c2ccoc2)[C@@H](C)O[C@@]12O[C@H]1CC(=O)OC(C)(C)[C@H]1[C@H]2O. The number of ether oxygens (including phenoxy) is 5. The summed E-state index contributed by atoms with van der Waals surface area (Å²) in [5.74, 6) is -3.72. The van der Waals surface area contributed by atoms with Gasteiger partial charge in [0, 0.05) is 0 Å². The summed E-state index contributed by atoms with van der Waals surface area (Å²) in [5.41, 5.74) is -4.42. The lowest BCUT2D eigenvalue weighted by molar-refractivity contribution is -0.305. The number of furan rings is 1. The fourth-order valence-electron chi connectivity index (χ4n) is 8.65. The highest BCUT2D eigenvalue weighted by Crippen LogP contribution is 2.77. The molecular weight excluding hydrogens is 484 g/mol. The molecule has 5 heterocycles. The fraction of sp³-hybridized carbons (Fsp3) is 0.741. The van der Waals surface area contributed by atoms with E-state index in [9.17, 15) is 19.5 Å². The van der Waals surface area contributed by atoms with Crippen LogP contribution in [0.15, 0.2) is 23.0 Å². The molecule has 1 N–H and O–H groups in total. The molecule has 10 atom stereocenters. The molecule has 10 heteroatoms. The quantitative estimate of drug-likeness (QED) is 0.361. The summed E-state index contributed by atoms with van der Waals surface area (Å²) in [4.78, 5) is 39.6. The average molecular weight is 519 g/mol. The average Bonchev–Trinajstić information content (AvgIpc) is 3.10. The Labute approximate surface area is 214 Å². The third-order valence-corrected chi connectivity index (χ3v) is 10.3. The van der Waals surface area contributed by atoms with Crippen molar-refractivity contribution < 1.29 is 47.6 Å². The van der Waals surface area contributed by atoms with Gasteiger partial charge in [0.15, 0.2) is 11.9 Å². The molecule has 10 nitrogen and oxygen atoms in total. The molecule has 5 aliphatic rings. The Balaban J connectivity index is 1.55. The molecule has 37 heavy (non-hydrogen) atoms. The van der Waals surface area contributed by atoms with E-state index in [4.69, 9.17) is 28.1 Å². The summed E-state index contributed by atoms with van der Waals surface area (Å²) in [5, 5.41) is 12.0. The third kappa shape index (κ3) is 2.72. The van der Waals surface area contributed by atoms with E-state index in [-0.39, 0.29) is 24.2 Å². The number of cyclic esters (lactones) is 1. The van der Waals surface area contributed by atoms with Crippen LogP contribution < -0.4 is 0 Å². The number of fused-ring (bicyclic) bond motifs is 4. The second-order valence-corrected chi connectivity index (χ2v) is 12.2. The molecule has 202 valence electrons. The van der Waals surface area contributed by atoms with Crippen molar-refractivity contribution in [1.82, 2.24) is 0 Å². The van der Waals surface area contributed by atoms with Crippen LogP contribution in [0.25, 0.3) is 0 Å². The van der Waals surface area contributed by atoms with E-state index < -0.39 is 64.0 Å². The zero-order chi connectivity index (χ0) is 26.8. The van der Waals surface area contributed by atoms with Crippen LogP contribution in [0.4, 0.5) is 0 Å². The molecule has 0 bridgehead atoms. The van der Waals surface area contributed by atoms with Gasteiger partial charge in [0.2, 0.25) is 5.79 Å². The number of Topliss-reactive ketones (excluding diaryl/α,β-unsaturated/α-hetero) is 1. The maximum atomic E-state index is 14.1.